The number of anilines is 1. The van der Waals surface area contributed by atoms with Gasteiger partial charge in [-0.25, -0.2) is 4.39 Å². The monoisotopic (exact) mass is 359 g/mol. The van der Waals surface area contributed by atoms with E-state index in [4.69, 9.17) is 0 Å². The normalized spacial score (nSPS) is 16.5. The van der Waals surface area contributed by atoms with Crippen LogP contribution in [-0.4, -0.2) is 47.5 Å². The third kappa shape index (κ3) is 3.68. The van der Waals surface area contributed by atoms with Gasteiger partial charge in [0.05, 0.1) is 18.1 Å². The van der Waals surface area contributed by atoms with Gasteiger partial charge >= 0.3 is 6.18 Å². The second-order valence-corrected chi connectivity index (χ2v) is 5.93. The number of carbonyl (C=O) groups excluding carboxylic acids is 1. The molecular formula is C15H17F4N5O. The Balaban J connectivity index is 1.78. The summed E-state index contributed by atoms with van der Waals surface area (Å²) in [6, 6.07) is 3.65. The molecule has 2 aromatic rings. The summed E-state index contributed by atoms with van der Waals surface area (Å²) in [6.07, 6.45) is -8.04. The molecule has 1 aliphatic heterocycles. The minimum Gasteiger partial charge on any atom is -0.359 e. The van der Waals surface area contributed by atoms with Crippen LogP contribution in [0.15, 0.2) is 18.2 Å². The summed E-state index contributed by atoms with van der Waals surface area (Å²) in [4.78, 5) is 11.8. The smallest absolute Gasteiger partial charge is 0.359 e. The van der Waals surface area contributed by atoms with Crippen LogP contribution in [0.3, 0.4) is 0 Å². The number of alkyl halides is 4. The molecule has 0 radical (unpaired) electrons. The van der Waals surface area contributed by atoms with Crippen LogP contribution in [0.1, 0.15) is 11.7 Å². The molecule has 0 saturated carbocycles. The van der Waals surface area contributed by atoms with Crippen molar-refractivity contribution >= 4 is 22.6 Å². The molecule has 6 nitrogen and oxygen atoms in total. The lowest BCUT2D eigenvalue weighted by molar-refractivity contribution is -0.182. The average molecular weight is 359 g/mol. The first-order chi connectivity index (χ1) is 11.8. The van der Waals surface area contributed by atoms with Crippen LogP contribution in [0.5, 0.6) is 0 Å². The number of amides is 1. The summed E-state index contributed by atoms with van der Waals surface area (Å²) in [5.41, 5.74) is 0.0327. The Bertz CT molecular complexity index is 784. The molecule has 1 unspecified atom stereocenters. The maximum Gasteiger partial charge on any atom is 0.423 e. The van der Waals surface area contributed by atoms with Gasteiger partial charge in [-0.15, -0.1) is 0 Å². The Morgan fingerprint density at radius 1 is 1.44 bits per heavy atom. The predicted octanol–water partition coefficient (Wildman–Crippen LogP) is 1.65. The first-order valence-corrected chi connectivity index (χ1v) is 7.67. The highest BCUT2D eigenvalue weighted by molar-refractivity contribution is 5.92. The van der Waals surface area contributed by atoms with E-state index in [1.807, 2.05) is 0 Å². The van der Waals surface area contributed by atoms with Crippen molar-refractivity contribution < 1.29 is 22.4 Å². The average Bonchev–Trinajstić information content (AvgIpc) is 2.83. The van der Waals surface area contributed by atoms with Crippen LogP contribution in [0, 0.1) is 0 Å². The van der Waals surface area contributed by atoms with Gasteiger partial charge in [-0.1, -0.05) is 6.07 Å². The van der Waals surface area contributed by atoms with Gasteiger partial charge in [-0.05, 0) is 17.7 Å². The van der Waals surface area contributed by atoms with Crippen LogP contribution in [0.25, 0.3) is 10.9 Å². The lowest BCUT2D eigenvalue weighted by Gasteiger charge is -2.27. The zero-order valence-electron chi connectivity index (χ0n) is 13.3. The molecule has 25 heavy (non-hydrogen) atoms. The highest BCUT2D eigenvalue weighted by atomic mass is 19.4. The van der Waals surface area contributed by atoms with E-state index < -0.39 is 17.9 Å². The first-order valence-electron chi connectivity index (χ1n) is 7.67. The van der Waals surface area contributed by atoms with Crippen molar-refractivity contribution in [3.63, 3.8) is 0 Å². The number of benzene rings is 1. The van der Waals surface area contributed by atoms with Crippen LogP contribution in [0.4, 0.5) is 23.4 Å². The van der Waals surface area contributed by atoms with Gasteiger partial charge in [-0.2, -0.15) is 18.3 Å². The summed E-state index contributed by atoms with van der Waals surface area (Å²) in [5, 5.41) is 13.1. The Kier molecular flexibility index (Phi) is 4.55. The molecule has 0 bridgehead atoms. The number of nitrogens with one attached hydrogen (secondary N) is 3. The van der Waals surface area contributed by atoms with Gasteiger partial charge in [0.1, 0.15) is 0 Å². The lowest BCUT2D eigenvalue weighted by Crippen LogP contribution is -2.57. The van der Waals surface area contributed by atoms with Gasteiger partial charge < -0.3 is 16.0 Å². The van der Waals surface area contributed by atoms with Gasteiger partial charge in [0.2, 0.25) is 12.1 Å². The summed E-state index contributed by atoms with van der Waals surface area (Å²) < 4.78 is 52.8. The van der Waals surface area contributed by atoms with Crippen LogP contribution in [0.2, 0.25) is 0 Å². The zero-order valence-corrected chi connectivity index (χ0v) is 13.3. The topological polar surface area (TPSA) is 71.0 Å². The third-order valence-corrected chi connectivity index (χ3v) is 4.02. The van der Waals surface area contributed by atoms with Gasteiger partial charge in [0, 0.05) is 25.5 Å². The maximum absolute atomic E-state index is 13.6. The number of rotatable bonds is 5. The second-order valence-electron chi connectivity index (χ2n) is 5.93. The van der Waals surface area contributed by atoms with Crippen molar-refractivity contribution in [2.75, 3.05) is 25.0 Å². The fraction of sp³-hybridized carbons (Fsp3) is 0.467. The van der Waals surface area contributed by atoms with Crippen LogP contribution < -0.4 is 16.0 Å². The van der Waals surface area contributed by atoms with E-state index in [0.717, 1.165) is 12.1 Å². The molecule has 136 valence electrons. The minimum absolute atomic E-state index is 0.0782. The molecule has 1 aliphatic rings. The number of aromatic nitrogens is 2. The highest BCUT2D eigenvalue weighted by Crippen LogP contribution is 2.37. The standard InChI is InChI=1S/C15H17F4N5O/c1-24-11-3-2-8(13(16)15(17,18)19)4-10(11)14(23-24)21-7-12(25)22-9-5-20-6-9/h2-4,9,13,20H,5-7H2,1H3,(H,21,23)(H,22,25). The number of fused-ring (bicyclic) bond motifs is 1. The molecule has 1 aromatic heterocycles. The Labute approximate surface area is 140 Å². The highest BCUT2D eigenvalue weighted by Gasteiger charge is 2.41. The van der Waals surface area contributed by atoms with Crippen molar-refractivity contribution in [1.29, 1.82) is 0 Å². The van der Waals surface area contributed by atoms with E-state index in [0.29, 0.717) is 24.0 Å². The minimum atomic E-state index is -4.97. The number of aryl methyl sites for hydroxylation is 1. The van der Waals surface area contributed by atoms with Gasteiger partial charge in [-0.3, -0.25) is 9.48 Å². The number of nitrogens with zero attached hydrogens (tertiary/aromatic N) is 2. The molecule has 1 aromatic carbocycles. The number of hydrogen-bond acceptors (Lipinski definition) is 4. The summed E-state index contributed by atoms with van der Waals surface area (Å²) in [5.74, 6) is -0.0178. The molecule has 2 heterocycles. The van der Waals surface area contributed by atoms with E-state index in [2.05, 4.69) is 21.0 Å². The van der Waals surface area contributed by atoms with E-state index in [-0.39, 0.29) is 24.3 Å². The van der Waals surface area contributed by atoms with E-state index in [9.17, 15) is 22.4 Å². The largest absolute Gasteiger partial charge is 0.423 e. The third-order valence-electron chi connectivity index (χ3n) is 4.02. The molecule has 1 amide bonds. The van der Waals surface area contributed by atoms with Gasteiger partial charge in [0.15, 0.2) is 5.82 Å². The second kappa shape index (κ2) is 6.51. The zero-order chi connectivity index (χ0) is 18.2. The number of hydrogen-bond donors (Lipinski definition) is 3. The molecule has 10 heteroatoms. The van der Waals surface area contributed by atoms with E-state index in [1.165, 1.54) is 10.7 Å². The molecule has 3 N–H and O–H groups in total. The summed E-state index contributed by atoms with van der Waals surface area (Å²) in [7, 11) is 1.62. The molecular weight excluding hydrogens is 342 g/mol. The predicted molar refractivity (Wildman–Crippen MR) is 83.9 cm³/mol. The van der Waals surface area contributed by atoms with Crippen molar-refractivity contribution in [3.05, 3.63) is 23.8 Å². The quantitative estimate of drug-likeness (QED) is 0.710. The number of halogens is 4. The van der Waals surface area contributed by atoms with Crippen LogP contribution >= 0.6 is 0 Å². The molecule has 1 fully saturated rings. The van der Waals surface area contributed by atoms with E-state index in [1.54, 1.807) is 7.05 Å². The molecule has 1 saturated heterocycles. The Hall–Kier alpha value is -2.36. The van der Waals surface area contributed by atoms with Crippen molar-refractivity contribution in [2.45, 2.75) is 18.4 Å². The first kappa shape index (κ1) is 17.5. The van der Waals surface area contributed by atoms with Crippen molar-refractivity contribution in [3.8, 4) is 0 Å². The molecule has 0 spiro atoms. The number of carbonyl (C=O) groups is 1. The summed E-state index contributed by atoms with van der Waals surface area (Å²) >= 11 is 0. The van der Waals surface area contributed by atoms with E-state index >= 15 is 0 Å². The molecule has 1 atom stereocenters. The van der Waals surface area contributed by atoms with Crippen LogP contribution in [-0.2, 0) is 11.8 Å². The maximum atomic E-state index is 13.6. The Morgan fingerprint density at radius 3 is 2.76 bits per heavy atom. The fourth-order valence-electron chi connectivity index (χ4n) is 2.59. The Morgan fingerprint density at radius 2 is 2.16 bits per heavy atom. The lowest BCUT2D eigenvalue weighted by atomic mass is 10.1. The molecule has 3 rings (SSSR count). The summed E-state index contributed by atoms with van der Waals surface area (Å²) in [6.45, 7) is 1.33. The van der Waals surface area contributed by atoms with Gasteiger partial charge in [0.25, 0.3) is 0 Å². The fourth-order valence-corrected chi connectivity index (χ4v) is 2.59. The SMILES string of the molecule is Cn1nc(NCC(=O)NC2CNC2)c2cc(C(F)C(F)(F)F)ccc21. The molecule has 0 aliphatic carbocycles. The van der Waals surface area contributed by atoms with Crippen molar-refractivity contribution in [2.24, 2.45) is 7.05 Å². The van der Waals surface area contributed by atoms with Crippen molar-refractivity contribution in [1.82, 2.24) is 20.4 Å².